The van der Waals surface area contributed by atoms with E-state index < -0.39 is 11.6 Å². The number of carbonyl (C=O) groups is 1. The van der Waals surface area contributed by atoms with Crippen LogP contribution in [0.4, 0.5) is 0 Å². The molecule has 0 bridgehead atoms. The smallest absolute Gasteiger partial charge is 0.339 e. The first kappa shape index (κ1) is 9.45. The first-order chi connectivity index (χ1) is 7.08. The Bertz CT molecular complexity index is 595. The predicted molar refractivity (Wildman–Crippen MR) is 54.2 cm³/mol. The van der Waals surface area contributed by atoms with Crippen molar-refractivity contribution in [2.75, 3.05) is 0 Å². The fourth-order valence-corrected chi connectivity index (χ4v) is 1.35. The first-order valence-corrected chi connectivity index (χ1v) is 4.36. The Morgan fingerprint density at radius 2 is 2.07 bits per heavy atom. The van der Waals surface area contributed by atoms with Crippen LogP contribution in [0.5, 0.6) is 0 Å². The minimum atomic E-state index is -1.04. The summed E-state index contributed by atoms with van der Waals surface area (Å²) < 4.78 is 4.96. The van der Waals surface area contributed by atoms with Crippen molar-refractivity contribution in [3.05, 3.63) is 45.8 Å². The molecule has 0 atom stereocenters. The number of rotatable bonds is 1. The van der Waals surface area contributed by atoms with Crippen LogP contribution in [0.25, 0.3) is 11.0 Å². The highest BCUT2D eigenvalue weighted by Gasteiger charge is 2.06. The molecule has 2 rings (SSSR count). The van der Waals surface area contributed by atoms with Gasteiger partial charge in [0.05, 0.1) is 5.56 Å². The summed E-state index contributed by atoms with van der Waals surface area (Å²) in [6, 6.07) is 6.12. The van der Waals surface area contributed by atoms with Crippen molar-refractivity contribution >= 4 is 16.9 Å². The van der Waals surface area contributed by atoms with E-state index in [0.717, 1.165) is 5.39 Å². The topological polar surface area (TPSA) is 67.5 Å². The quantitative estimate of drug-likeness (QED) is 0.719. The van der Waals surface area contributed by atoms with Gasteiger partial charge in [-0.05, 0) is 25.1 Å². The maximum Gasteiger partial charge on any atom is 0.339 e. The van der Waals surface area contributed by atoms with E-state index >= 15 is 0 Å². The number of carboxylic acid groups (broad SMARTS) is 1. The van der Waals surface area contributed by atoms with Crippen molar-refractivity contribution in [2.45, 2.75) is 6.92 Å². The molecule has 0 spiro atoms. The molecule has 0 amide bonds. The van der Waals surface area contributed by atoms with Gasteiger partial charge in [-0.1, -0.05) is 6.07 Å². The third-order valence-corrected chi connectivity index (χ3v) is 2.16. The van der Waals surface area contributed by atoms with E-state index in [1.54, 1.807) is 19.1 Å². The molecule has 0 radical (unpaired) electrons. The van der Waals surface area contributed by atoms with Gasteiger partial charge in [0.25, 0.3) is 0 Å². The number of aryl methyl sites for hydroxylation is 1. The molecule has 0 aliphatic heterocycles. The Labute approximate surface area is 84.8 Å². The molecule has 4 heteroatoms. The maximum atomic E-state index is 11.2. The van der Waals surface area contributed by atoms with Crippen LogP contribution in [-0.4, -0.2) is 11.1 Å². The highest BCUT2D eigenvalue weighted by molar-refractivity contribution is 5.92. The summed E-state index contributed by atoms with van der Waals surface area (Å²) in [5, 5.41) is 9.47. The van der Waals surface area contributed by atoms with Gasteiger partial charge < -0.3 is 9.52 Å². The number of carboxylic acids is 1. The van der Waals surface area contributed by atoms with Crippen molar-refractivity contribution in [1.29, 1.82) is 0 Å². The SMILES string of the molecule is Cc1cc2ccc(C(=O)O)cc2oc1=O. The molecule has 1 N–H and O–H groups in total. The second-order valence-electron chi connectivity index (χ2n) is 3.27. The van der Waals surface area contributed by atoms with Gasteiger partial charge in [-0.2, -0.15) is 0 Å². The minimum absolute atomic E-state index is 0.106. The molecule has 1 aromatic carbocycles. The van der Waals surface area contributed by atoms with Crippen LogP contribution in [0, 0.1) is 6.92 Å². The molecule has 0 unspecified atom stereocenters. The summed E-state index contributed by atoms with van der Waals surface area (Å²) in [6.07, 6.45) is 0. The van der Waals surface area contributed by atoms with Crippen LogP contribution in [0.3, 0.4) is 0 Å². The van der Waals surface area contributed by atoms with Gasteiger partial charge in [0.2, 0.25) is 0 Å². The Morgan fingerprint density at radius 1 is 1.33 bits per heavy atom. The lowest BCUT2D eigenvalue weighted by molar-refractivity contribution is 0.0697. The Kier molecular flexibility index (Phi) is 2.04. The van der Waals surface area contributed by atoms with E-state index in [-0.39, 0.29) is 5.56 Å². The van der Waals surface area contributed by atoms with Crippen molar-refractivity contribution < 1.29 is 14.3 Å². The van der Waals surface area contributed by atoms with E-state index in [2.05, 4.69) is 0 Å². The van der Waals surface area contributed by atoms with Gasteiger partial charge >= 0.3 is 11.6 Å². The fraction of sp³-hybridized carbons (Fsp3) is 0.0909. The van der Waals surface area contributed by atoms with Crippen LogP contribution in [-0.2, 0) is 0 Å². The number of hydrogen-bond donors (Lipinski definition) is 1. The van der Waals surface area contributed by atoms with Gasteiger partial charge in [-0.3, -0.25) is 0 Å². The van der Waals surface area contributed by atoms with Crippen LogP contribution < -0.4 is 5.63 Å². The number of benzene rings is 1. The summed E-state index contributed by atoms with van der Waals surface area (Å²) in [6.45, 7) is 1.65. The summed E-state index contributed by atoms with van der Waals surface area (Å²) in [4.78, 5) is 21.9. The molecule has 2 aromatic rings. The molecular weight excluding hydrogens is 196 g/mol. The molecule has 0 saturated heterocycles. The predicted octanol–water partition coefficient (Wildman–Crippen LogP) is 1.80. The Morgan fingerprint density at radius 3 is 2.73 bits per heavy atom. The van der Waals surface area contributed by atoms with Gasteiger partial charge in [0.15, 0.2) is 0 Å². The number of fused-ring (bicyclic) bond motifs is 1. The lowest BCUT2D eigenvalue weighted by Crippen LogP contribution is -2.03. The molecule has 0 aliphatic carbocycles. The zero-order valence-electron chi connectivity index (χ0n) is 7.98. The van der Waals surface area contributed by atoms with Gasteiger partial charge in [0.1, 0.15) is 5.58 Å². The molecule has 1 heterocycles. The molecule has 15 heavy (non-hydrogen) atoms. The van der Waals surface area contributed by atoms with Gasteiger partial charge in [-0.15, -0.1) is 0 Å². The average Bonchev–Trinajstić information content (AvgIpc) is 2.19. The van der Waals surface area contributed by atoms with Gasteiger partial charge in [0, 0.05) is 10.9 Å². The monoisotopic (exact) mass is 204 g/mol. The Hall–Kier alpha value is -2.10. The van der Waals surface area contributed by atoms with Crippen molar-refractivity contribution in [2.24, 2.45) is 0 Å². The average molecular weight is 204 g/mol. The molecule has 1 aromatic heterocycles. The molecule has 76 valence electrons. The summed E-state index contributed by atoms with van der Waals surface area (Å²) in [7, 11) is 0. The van der Waals surface area contributed by atoms with Crippen molar-refractivity contribution in [3.63, 3.8) is 0 Å². The largest absolute Gasteiger partial charge is 0.478 e. The molecular formula is C11H8O4. The van der Waals surface area contributed by atoms with Crippen LogP contribution in [0.15, 0.2) is 33.5 Å². The molecule has 0 aliphatic rings. The second kappa shape index (κ2) is 3.24. The normalized spacial score (nSPS) is 10.5. The van der Waals surface area contributed by atoms with Crippen LogP contribution in [0.2, 0.25) is 0 Å². The standard InChI is InChI=1S/C11H8O4/c1-6-4-7-2-3-8(10(12)13)5-9(7)15-11(6)14/h2-5H,1H3,(H,12,13). The van der Waals surface area contributed by atoms with E-state index in [9.17, 15) is 9.59 Å². The number of hydrogen-bond acceptors (Lipinski definition) is 3. The third kappa shape index (κ3) is 1.61. The lowest BCUT2D eigenvalue weighted by atomic mass is 10.1. The third-order valence-electron chi connectivity index (χ3n) is 2.16. The first-order valence-electron chi connectivity index (χ1n) is 4.36. The van der Waals surface area contributed by atoms with Crippen molar-refractivity contribution in [1.82, 2.24) is 0 Å². The van der Waals surface area contributed by atoms with Crippen LogP contribution in [0.1, 0.15) is 15.9 Å². The molecule has 0 saturated carbocycles. The van der Waals surface area contributed by atoms with Crippen LogP contribution >= 0.6 is 0 Å². The van der Waals surface area contributed by atoms with E-state index in [1.807, 2.05) is 0 Å². The highest BCUT2D eigenvalue weighted by atomic mass is 16.4. The second-order valence-corrected chi connectivity index (χ2v) is 3.27. The summed E-state index contributed by atoms with van der Waals surface area (Å²) in [5.41, 5.74) is 0.468. The zero-order chi connectivity index (χ0) is 11.0. The zero-order valence-corrected chi connectivity index (χ0v) is 7.98. The molecule has 4 nitrogen and oxygen atoms in total. The summed E-state index contributed by atoms with van der Waals surface area (Å²) in [5.74, 6) is -1.04. The maximum absolute atomic E-state index is 11.2. The lowest BCUT2D eigenvalue weighted by Gasteiger charge is -1.99. The number of aromatic carboxylic acids is 1. The highest BCUT2D eigenvalue weighted by Crippen LogP contribution is 2.15. The van der Waals surface area contributed by atoms with E-state index in [0.29, 0.717) is 11.1 Å². The Balaban J connectivity index is 2.77. The molecule has 0 fully saturated rings. The van der Waals surface area contributed by atoms with Crippen molar-refractivity contribution in [3.8, 4) is 0 Å². The summed E-state index contributed by atoms with van der Waals surface area (Å²) >= 11 is 0. The van der Waals surface area contributed by atoms with E-state index in [4.69, 9.17) is 9.52 Å². The minimum Gasteiger partial charge on any atom is -0.478 e. The fourth-order valence-electron chi connectivity index (χ4n) is 1.35. The van der Waals surface area contributed by atoms with Gasteiger partial charge in [-0.25, -0.2) is 9.59 Å². The van der Waals surface area contributed by atoms with E-state index in [1.165, 1.54) is 12.1 Å².